The molecule has 0 aromatic heterocycles. The Morgan fingerprint density at radius 2 is 2.06 bits per heavy atom. The number of likely N-dealkylation sites (N-methyl/N-ethyl adjacent to an activating group) is 1. The Balaban J connectivity index is 2.82. The smallest absolute Gasteiger partial charge is 0.0408 e. The monoisotopic (exact) mass is 239 g/mol. The molecule has 0 heterocycles. The van der Waals surface area contributed by atoms with Crippen molar-refractivity contribution in [2.45, 2.75) is 33.1 Å². The van der Waals surface area contributed by atoms with Gasteiger partial charge in [-0.05, 0) is 36.1 Å². The van der Waals surface area contributed by atoms with E-state index in [0.29, 0.717) is 11.8 Å². The van der Waals surface area contributed by atoms with Crippen molar-refractivity contribution < 1.29 is 0 Å². The molecule has 0 amide bonds. The van der Waals surface area contributed by atoms with Crippen LogP contribution in [0.25, 0.3) is 0 Å². The highest BCUT2D eigenvalue weighted by Gasteiger charge is 2.17. The number of hydrogen-bond donors (Lipinski definition) is 1. The molecule has 0 aliphatic rings. The van der Waals surface area contributed by atoms with Crippen LogP contribution in [0.15, 0.2) is 24.3 Å². The van der Waals surface area contributed by atoms with E-state index in [1.54, 1.807) is 0 Å². The molecule has 1 N–H and O–H groups in total. The molecule has 0 fully saturated rings. The molecule has 90 valence electrons. The Bertz CT molecular complexity index is 311. The average molecular weight is 240 g/mol. The molecule has 2 atom stereocenters. The van der Waals surface area contributed by atoms with Crippen LogP contribution in [0.5, 0.6) is 0 Å². The van der Waals surface area contributed by atoms with Crippen molar-refractivity contribution >= 4 is 11.6 Å². The predicted octanol–water partition coefficient (Wildman–Crippen LogP) is 4.08. The molecule has 0 spiro atoms. The van der Waals surface area contributed by atoms with Gasteiger partial charge in [-0.1, -0.05) is 50.9 Å². The number of hydrogen-bond acceptors (Lipinski definition) is 1. The molecule has 0 radical (unpaired) electrons. The highest BCUT2D eigenvalue weighted by atomic mass is 35.5. The highest BCUT2D eigenvalue weighted by Crippen LogP contribution is 2.27. The van der Waals surface area contributed by atoms with Crippen LogP contribution in [-0.4, -0.2) is 13.1 Å². The van der Waals surface area contributed by atoms with Gasteiger partial charge in [-0.25, -0.2) is 0 Å². The van der Waals surface area contributed by atoms with Crippen molar-refractivity contribution in [1.82, 2.24) is 5.32 Å². The Labute approximate surface area is 104 Å². The van der Waals surface area contributed by atoms with Gasteiger partial charge in [-0.3, -0.25) is 0 Å². The number of halogens is 1. The van der Waals surface area contributed by atoms with Crippen LogP contribution in [-0.2, 0) is 0 Å². The minimum absolute atomic E-state index is 0.559. The fourth-order valence-corrected chi connectivity index (χ4v) is 2.17. The largest absolute Gasteiger partial charge is 0.316 e. The molecule has 0 aliphatic heterocycles. The average Bonchev–Trinajstić information content (AvgIpc) is 2.29. The fraction of sp³-hybridized carbons (Fsp3) is 0.571. The van der Waals surface area contributed by atoms with Gasteiger partial charge < -0.3 is 5.32 Å². The standard InChI is InChI=1S/C14H22ClN/c1-4-11(3)14(10-16-5-2)12-7-6-8-13(15)9-12/h6-9,11,14,16H,4-5,10H2,1-3H3. The summed E-state index contributed by atoms with van der Waals surface area (Å²) < 4.78 is 0. The third-order valence-electron chi connectivity index (χ3n) is 3.22. The minimum atomic E-state index is 0.559. The van der Waals surface area contributed by atoms with Crippen molar-refractivity contribution in [3.05, 3.63) is 34.9 Å². The Kier molecular flexibility index (Phi) is 5.86. The number of rotatable bonds is 6. The van der Waals surface area contributed by atoms with Crippen LogP contribution in [0, 0.1) is 5.92 Å². The van der Waals surface area contributed by atoms with E-state index >= 15 is 0 Å². The van der Waals surface area contributed by atoms with Gasteiger partial charge in [-0.2, -0.15) is 0 Å². The molecule has 0 saturated heterocycles. The van der Waals surface area contributed by atoms with Gasteiger partial charge in [0.15, 0.2) is 0 Å². The van der Waals surface area contributed by atoms with E-state index in [9.17, 15) is 0 Å². The predicted molar refractivity (Wildman–Crippen MR) is 72.2 cm³/mol. The van der Waals surface area contributed by atoms with Gasteiger partial charge in [-0.15, -0.1) is 0 Å². The van der Waals surface area contributed by atoms with Crippen LogP contribution >= 0.6 is 11.6 Å². The second-order valence-electron chi connectivity index (χ2n) is 4.35. The van der Waals surface area contributed by atoms with Crippen LogP contribution in [0.4, 0.5) is 0 Å². The summed E-state index contributed by atoms with van der Waals surface area (Å²) in [4.78, 5) is 0. The maximum atomic E-state index is 6.05. The van der Waals surface area contributed by atoms with Crippen LogP contribution in [0.1, 0.15) is 38.7 Å². The van der Waals surface area contributed by atoms with E-state index in [4.69, 9.17) is 11.6 Å². The van der Waals surface area contributed by atoms with E-state index in [1.807, 2.05) is 12.1 Å². The lowest BCUT2D eigenvalue weighted by Crippen LogP contribution is -2.25. The summed E-state index contributed by atoms with van der Waals surface area (Å²) in [5.41, 5.74) is 1.35. The summed E-state index contributed by atoms with van der Waals surface area (Å²) in [6, 6.07) is 8.25. The maximum absolute atomic E-state index is 6.05. The van der Waals surface area contributed by atoms with Gasteiger partial charge in [0.2, 0.25) is 0 Å². The molecule has 1 nitrogen and oxygen atoms in total. The third-order valence-corrected chi connectivity index (χ3v) is 3.46. The van der Waals surface area contributed by atoms with E-state index in [2.05, 4.69) is 38.2 Å². The van der Waals surface area contributed by atoms with Crippen LogP contribution in [0.2, 0.25) is 5.02 Å². The maximum Gasteiger partial charge on any atom is 0.0408 e. The second-order valence-corrected chi connectivity index (χ2v) is 4.79. The van der Waals surface area contributed by atoms with Crippen molar-refractivity contribution in [2.24, 2.45) is 5.92 Å². The van der Waals surface area contributed by atoms with Gasteiger partial charge >= 0.3 is 0 Å². The molecule has 0 bridgehead atoms. The Morgan fingerprint density at radius 3 is 2.62 bits per heavy atom. The van der Waals surface area contributed by atoms with Crippen LogP contribution < -0.4 is 5.32 Å². The lowest BCUT2D eigenvalue weighted by molar-refractivity contribution is 0.424. The summed E-state index contributed by atoms with van der Waals surface area (Å²) in [6.07, 6.45) is 1.20. The molecule has 1 rings (SSSR count). The second kappa shape index (κ2) is 6.93. The Morgan fingerprint density at radius 1 is 1.31 bits per heavy atom. The van der Waals surface area contributed by atoms with Crippen molar-refractivity contribution in [3.8, 4) is 0 Å². The topological polar surface area (TPSA) is 12.0 Å². The number of nitrogens with one attached hydrogen (secondary N) is 1. The summed E-state index contributed by atoms with van der Waals surface area (Å²) in [5, 5.41) is 4.27. The molecular formula is C14H22ClN. The zero-order valence-corrected chi connectivity index (χ0v) is 11.2. The first-order chi connectivity index (χ1) is 7.69. The first-order valence-corrected chi connectivity index (χ1v) is 6.53. The van der Waals surface area contributed by atoms with Gasteiger partial charge in [0, 0.05) is 11.6 Å². The number of benzene rings is 1. The van der Waals surface area contributed by atoms with E-state index in [-0.39, 0.29) is 0 Å². The van der Waals surface area contributed by atoms with E-state index in [1.165, 1.54) is 12.0 Å². The zero-order valence-electron chi connectivity index (χ0n) is 10.5. The Hall–Kier alpha value is -0.530. The molecule has 2 heteroatoms. The summed E-state index contributed by atoms with van der Waals surface area (Å²) in [6.45, 7) is 8.75. The minimum Gasteiger partial charge on any atom is -0.316 e. The van der Waals surface area contributed by atoms with Gasteiger partial charge in [0.1, 0.15) is 0 Å². The van der Waals surface area contributed by atoms with Crippen molar-refractivity contribution in [1.29, 1.82) is 0 Å². The molecular weight excluding hydrogens is 218 g/mol. The molecule has 0 saturated carbocycles. The summed E-state index contributed by atoms with van der Waals surface area (Å²) in [7, 11) is 0. The van der Waals surface area contributed by atoms with E-state index in [0.717, 1.165) is 18.1 Å². The third kappa shape index (κ3) is 3.80. The highest BCUT2D eigenvalue weighted by molar-refractivity contribution is 6.30. The molecule has 1 aromatic rings. The van der Waals surface area contributed by atoms with Crippen LogP contribution in [0.3, 0.4) is 0 Å². The first-order valence-electron chi connectivity index (χ1n) is 6.15. The quantitative estimate of drug-likeness (QED) is 0.789. The molecule has 1 aromatic carbocycles. The van der Waals surface area contributed by atoms with Gasteiger partial charge in [0.25, 0.3) is 0 Å². The molecule has 2 unspecified atom stereocenters. The van der Waals surface area contributed by atoms with Gasteiger partial charge in [0.05, 0.1) is 0 Å². The lowest BCUT2D eigenvalue weighted by atomic mass is 9.85. The summed E-state index contributed by atoms with van der Waals surface area (Å²) >= 11 is 6.05. The normalized spacial score (nSPS) is 14.8. The summed E-state index contributed by atoms with van der Waals surface area (Å²) in [5.74, 6) is 1.24. The first kappa shape index (κ1) is 13.5. The molecule has 16 heavy (non-hydrogen) atoms. The fourth-order valence-electron chi connectivity index (χ4n) is 1.97. The zero-order chi connectivity index (χ0) is 12.0. The SMILES string of the molecule is CCNCC(c1cccc(Cl)c1)C(C)CC. The van der Waals surface area contributed by atoms with Crippen molar-refractivity contribution in [2.75, 3.05) is 13.1 Å². The van der Waals surface area contributed by atoms with E-state index < -0.39 is 0 Å². The molecule has 0 aliphatic carbocycles. The lowest BCUT2D eigenvalue weighted by Gasteiger charge is -2.24. The van der Waals surface area contributed by atoms with Crippen molar-refractivity contribution in [3.63, 3.8) is 0 Å².